The highest BCUT2D eigenvalue weighted by Crippen LogP contribution is 2.17. The molecule has 6 heteroatoms. The second-order valence-electron chi connectivity index (χ2n) is 5.27. The van der Waals surface area contributed by atoms with E-state index in [-0.39, 0.29) is 5.91 Å². The first-order chi connectivity index (χ1) is 12.2. The molecule has 1 aromatic carbocycles. The van der Waals surface area contributed by atoms with Crippen LogP contribution >= 0.6 is 0 Å². The van der Waals surface area contributed by atoms with Gasteiger partial charge in [-0.15, -0.1) is 0 Å². The molecule has 0 radical (unpaired) electrons. The average Bonchev–Trinajstić information content (AvgIpc) is 3.16. The minimum atomic E-state index is -0.201. The van der Waals surface area contributed by atoms with Gasteiger partial charge in [0, 0.05) is 17.4 Å². The van der Waals surface area contributed by atoms with E-state index in [4.69, 9.17) is 9.15 Å². The standard InChI is InChI=1S/C19H19N3O3/c1-2-24-16-7-5-15(6-8-16)22-19(23)14-9-10-20-18(12-14)21-13-17-4-3-11-25-17/h3-12H,2,13H2,1H3,(H,20,21)(H,22,23). The smallest absolute Gasteiger partial charge is 0.255 e. The zero-order valence-electron chi connectivity index (χ0n) is 13.9. The molecule has 2 aromatic heterocycles. The van der Waals surface area contributed by atoms with Crippen LogP contribution in [0.1, 0.15) is 23.0 Å². The molecule has 1 amide bonds. The van der Waals surface area contributed by atoms with Gasteiger partial charge in [-0.2, -0.15) is 0 Å². The van der Waals surface area contributed by atoms with Crippen molar-refractivity contribution in [3.63, 3.8) is 0 Å². The van der Waals surface area contributed by atoms with Crippen LogP contribution in [-0.4, -0.2) is 17.5 Å². The van der Waals surface area contributed by atoms with Gasteiger partial charge in [0.15, 0.2) is 0 Å². The maximum Gasteiger partial charge on any atom is 0.255 e. The fraction of sp³-hybridized carbons (Fsp3) is 0.158. The first kappa shape index (κ1) is 16.6. The number of aromatic nitrogens is 1. The highest BCUT2D eigenvalue weighted by Gasteiger charge is 2.08. The Morgan fingerprint density at radius 2 is 2.04 bits per heavy atom. The lowest BCUT2D eigenvalue weighted by Crippen LogP contribution is -2.12. The highest BCUT2D eigenvalue weighted by atomic mass is 16.5. The van der Waals surface area contributed by atoms with E-state index in [0.29, 0.717) is 30.2 Å². The molecule has 25 heavy (non-hydrogen) atoms. The number of nitrogens with one attached hydrogen (secondary N) is 2. The predicted molar refractivity (Wildman–Crippen MR) is 95.8 cm³/mol. The van der Waals surface area contributed by atoms with Gasteiger partial charge in [-0.05, 0) is 55.5 Å². The molecule has 2 N–H and O–H groups in total. The van der Waals surface area contributed by atoms with E-state index in [9.17, 15) is 4.79 Å². The molecule has 0 fully saturated rings. The summed E-state index contributed by atoms with van der Waals surface area (Å²) in [6.45, 7) is 3.04. The first-order valence-corrected chi connectivity index (χ1v) is 8.01. The average molecular weight is 337 g/mol. The molecule has 0 aliphatic rings. The molecule has 0 atom stereocenters. The summed E-state index contributed by atoms with van der Waals surface area (Å²) >= 11 is 0. The minimum Gasteiger partial charge on any atom is -0.494 e. The SMILES string of the molecule is CCOc1ccc(NC(=O)c2ccnc(NCc3ccco3)c2)cc1. The zero-order chi connectivity index (χ0) is 17.5. The van der Waals surface area contributed by atoms with E-state index >= 15 is 0 Å². The summed E-state index contributed by atoms with van der Waals surface area (Å²) in [6.07, 6.45) is 3.21. The van der Waals surface area contributed by atoms with Gasteiger partial charge in [-0.25, -0.2) is 4.98 Å². The second-order valence-corrected chi connectivity index (χ2v) is 5.27. The number of anilines is 2. The number of rotatable bonds is 7. The summed E-state index contributed by atoms with van der Waals surface area (Å²) in [4.78, 5) is 16.6. The van der Waals surface area contributed by atoms with E-state index in [1.54, 1.807) is 36.7 Å². The summed E-state index contributed by atoms with van der Waals surface area (Å²) in [5, 5.41) is 5.98. The first-order valence-electron chi connectivity index (χ1n) is 8.01. The highest BCUT2D eigenvalue weighted by molar-refractivity contribution is 6.04. The van der Waals surface area contributed by atoms with Crippen LogP contribution in [0.3, 0.4) is 0 Å². The molecule has 0 aliphatic carbocycles. The van der Waals surface area contributed by atoms with Crippen LogP contribution in [0.2, 0.25) is 0 Å². The third-order valence-corrected chi connectivity index (χ3v) is 3.47. The maximum absolute atomic E-state index is 12.4. The predicted octanol–water partition coefficient (Wildman–Crippen LogP) is 3.94. The largest absolute Gasteiger partial charge is 0.494 e. The number of carbonyl (C=O) groups is 1. The van der Waals surface area contributed by atoms with Crippen molar-refractivity contribution in [1.29, 1.82) is 0 Å². The van der Waals surface area contributed by atoms with Crippen LogP contribution < -0.4 is 15.4 Å². The van der Waals surface area contributed by atoms with Gasteiger partial charge in [-0.3, -0.25) is 4.79 Å². The number of amides is 1. The lowest BCUT2D eigenvalue weighted by Gasteiger charge is -2.08. The molecule has 0 saturated heterocycles. The van der Waals surface area contributed by atoms with Crippen molar-refractivity contribution in [3.05, 3.63) is 72.3 Å². The van der Waals surface area contributed by atoms with Crippen LogP contribution in [0, 0.1) is 0 Å². The third kappa shape index (κ3) is 4.60. The van der Waals surface area contributed by atoms with Crippen molar-refractivity contribution in [2.75, 3.05) is 17.2 Å². The number of ether oxygens (including phenoxy) is 1. The van der Waals surface area contributed by atoms with Gasteiger partial charge < -0.3 is 19.8 Å². The Morgan fingerprint density at radius 3 is 2.76 bits per heavy atom. The quantitative estimate of drug-likeness (QED) is 0.683. The third-order valence-electron chi connectivity index (χ3n) is 3.47. The van der Waals surface area contributed by atoms with Crippen molar-refractivity contribution in [1.82, 2.24) is 4.98 Å². The number of hydrogen-bond donors (Lipinski definition) is 2. The fourth-order valence-corrected chi connectivity index (χ4v) is 2.26. The number of hydrogen-bond acceptors (Lipinski definition) is 5. The summed E-state index contributed by atoms with van der Waals surface area (Å²) in [6, 6.07) is 14.3. The number of pyridine rings is 1. The van der Waals surface area contributed by atoms with Crippen LogP contribution in [0.5, 0.6) is 5.75 Å². The Balaban J connectivity index is 1.62. The van der Waals surface area contributed by atoms with Gasteiger partial charge in [0.2, 0.25) is 0 Å². The molecular formula is C19H19N3O3. The van der Waals surface area contributed by atoms with Crippen molar-refractivity contribution in [3.8, 4) is 5.75 Å². The van der Waals surface area contributed by atoms with E-state index in [0.717, 1.165) is 11.5 Å². The van der Waals surface area contributed by atoms with Gasteiger partial charge in [0.1, 0.15) is 17.3 Å². The summed E-state index contributed by atoms with van der Waals surface area (Å²) in [7, 11) is 0. The zero-order valence-corrected chi connectivity index (χ0v) is 13.9. The lowest BCUT2D eigenvalue weighted by atomic mass is 10.2. The van der Waals surface area contributed by atoms with Crippen molar-refractivity contribution >= 4 is 17.4 Å². The molecule has 6 nitrogen and oxygen atoms in total. The van der Waals surface area contributed by atoms with Gasteiger partial charge in [0.25, 0.3) is 5.91 Å². The molecule has 0 aliphatic heterocycles. The molecule has 0 bridgehead atoms. The van der Waals surface area contributed by atoms with Crippen LogP contribution in [0.15, 0.2) is 65.4 Å². The fourth-order valence-electron chi connectivity index (χ4n) is 2.26. The summed E-state index contributed by atoms with van der Waals surface area (Å²) < 4.78 is 10.6. The van der Waals surface area contributed by atoms with E-state index in [2.05, 4.69) is 15.6 Å². The van der Waals surface area contributed by atoms with Crippen molar-refractivity contribution in [2.24, 2.45) is 0 Å². The molecule has 0 unspecified atom stereocenters. The monoisotopic (exact) mass is 337 g/mol. The van der Waals surface area contributed by atoms with Crippen molar-refractivity contribution in [2.45, 2.75) is 13.5 Å². The van der Waals surface area contributed by atoms with Crippen LogP contribution in [0.4, 0.5) is 11.5 Å². The normalized spacial score (nSPS) is 10.3. The van der Waals surface area contributed by atoms with Crippen LogP contribution in [-0.2, 0) is 6.54 Å². The van der Waals surface area contributed by atoms with Gasteiger partial charge in [-0.1, -0.05) is 0 Å². The summed E-state index contributed by atoms with van der Waals surface area (Å²) in [5.41, 5.74) is 1.22. The lowest BCUT2D eigenvalue weighted by molar-refractivity contribution is 0.102. The number of benzene rings is 1. The molecule has 0 saturated carbocycles. The summed E-state index contributed by atoms with van der Waals surface area (Å²) in [5.74, 6) is 1.98. The Bertz CT molecular complexity index is 814. The Hall–Kier alpha value is -3.28. The van der Waals surface area contributed by atoms with E-state index < -0.39 is 0 Å². The maximum atomic E-state index is 12.4. The van der Waals surface area contributed by atoms with E-state index in [1.807, 2.05) is 31.2 Å². The Morgan fingerprint density at radius 1 is 1.20 bits per heavy atom. The van der Waals surface area contributed by atoms with E-state index in [1.165, 1.54) is 0 Å². The molecule has 0 spiro atoms. The molecular weight excluding hydrogens is 318 g/mol. The molecule has 3 aromatic rings. The number of carbonyl (C=O) groups excluding carboxylic acids is 1. The number of furan rings is 1. The molecule has 128 valence electrons. The minimum absolute atomic E-state index is 0.201. The second kappa shape index (κ2) is 8.01. The Kier molecular flexibility index (Phi) is 5.31. The molecule has 2 heterocycles. The topological polar surface area (TPSA) is 76.4 Å². The number of nitrogens with zero attached hydrogens (tertiary/aromatic N) is 1. The Labute approximate surface area is 145 Å². The molecule has 3 rings (SSSR count). The van der Waals surface area contributed by atoms with Crippen LogP contribution in [0.25, 0.3) is 0 Å². The van der Waals surface area contributed by atoms with Gasteiger partial charge in [0.05, 0.1) is 19.4 Å². The van der Waals surface area contributed by atoms with Crippen molar-refractivity contribution < 1.29 is 13.9 Å². The van der Waals surface area contributed by atoms with Gasteiger partial charge >= 0.3 is 0 Å².